The Bertz CT molecular complexity index is 905. The molecule has 0 saturated heterocycles. The smallest absolute Gasteiger partial charge is 0.314 e. The van der Waals surface area contributed by atoms with E-state index in [-0.39, 0.29) is 4.90 Å². The van der Waals surface area contributed by atoms with Gasteiger partial charge in [-0.15, -0.1) is 0 Å². The molecular formula is C18H17ClO5S. The van der Waals surface area contributed by atoms with E-state index in [0.717, 1.165) is 5.56 Å². The zero-order valence-electron chi connectivity index (χ0n) is 13.4. The second-order valence-electron chi connectivity index (χ2n) is 6.31. The lowest BCUT2D eigenvalue weighted by molar-refractivity contribution is -0.145. The van der Waals surface area contributed by atoms with Crippen molar-refractivity contribution in [1.82, 2.24) is 0 Å². The lowest BCUT2D eigenvalue weighted by atomic mass is 9.99. The molecule has 0 aliphatic heterocycles. The summed E-state index contributed by atoms with van der Waals surface area (Å²) in [5, 5.41) is 18.6. The van der Waals surface area contributed by atoms with Crippen molar-refractivity contribution in [2.24, 2.45) is 5.41 Å². The van der Waals surface area contributed by atoms with E-state index in [9.17, 15) is 23.4 Å². The van der Waals surface area contributed by atoms with Crippen LogP contribution in [0.5, 0.6) is 0 Å². The van der Waals surface area contributed by atoms with Crippen molar-refractivity contribution in [1.29, 1.82) is 0 Å². The normalized spacial score (nSPS) is 25.6. The van der Waals surface area contributed by atoms with Crippen molar-refractivity contribution in [2.45, 2.75) is 23.0 Å². The summed E-state index contributed by atoms with van der Waals surface area (Å²) in [6, 6.07) is 12.6. The fourth-order valence-corrected chi connectivity index (χ4v) is 5.88. The van der Waals surface area contributed by atoms with Crippen LogP contribution in [0.2, 0.25) is 5.02 Å². The molecule has 3 atom stereocenters. The lowest BCUT2D eigenvalue weighted by Crippen LogP contribution is -2.27. The number of aliphatic hydroxyl groups excluding tert-OH is 1. The van der Waals surface area contributed by atoms with Crippen LogP contribution in [-0.4, -0.2) is 36.5 Å². The number of aliphatic hydroxyl groups is 1. The molecule has 1 saturated carbocycles. The summed E-state index contributed by atoms with van der Waals surface area (Å²) in [6.07, 6.45) is 0. The third kappa shape index (κ3) is 2.74. The van der Waals surface area contributed by atoms with Gasteiger partial charge in [0.25, 0.3) is 0 Å². The maximum atomic E-state index is 13.0. The third-order valence-corrected chi connectivity index (χ3v) is 7.37. The molecule has 1 aliphatic rings. The van der Waals surface area contributed by atoms with Gasteiger partial charge in [-0.05, 0) is 36.8 Å². The highest BCUT2D eigenvalue weighted by Crippen LogP contribution is 2.64. The largest absolute Gasteiger partial charge is 0.481 e. The van der Waals surface area contributed by atoms with E-state index >= 15 is 0 Å². The minimum atomic E-state index is -3.95. The molecule has 2 aromatic rings. The first-order chi connectivity index (χ1) is 11.7. The van der Waals surface area contributed by atoms with Crippen LogP contribution in [0.1, 0.15) is 17.0 Å². The first-order valence-corrected chi connectivity index (χ1v) is 9.58. The van der Waals surface area contributed by atoms with Crippen molar-refractivity contribution in [3.05, 3.63) is 64.7 Å². The summed E-state index contributed by atoms with van der Waals surface area (Å²) in [4.78, 5) is 11.9. The van der Waals surface area contributed by atoms with Gasteiger partial charge in [-0.1, -0.05) is 41.4 Å². The van der Waals surface area contributed by atoms with Crippen molar-refractivity contribution >= 4 is 27.4 Å². The standard InChI is InChI=1S/C18H17ClO5S/c1-11-2-4-12(5-3-11)15-16(18(15,10-20)17(21)22)25(23,24)14-8-6-13(19)7-9-14/h2-9,15-16,20H,10H2,1H3,(H,21,22). The molecule has 5 nitrogen and oxygen atoms in total. The quantitative estimate of drug-likeness (QED) is 0.832. The maximum Gasteiger partial charge on any atom is 0.314 e. The summed E-state index contributed by atoms with van der Waals surface area (Å²) in [6.45, 7) is 1.13. The summed E-state index contributed by atoms with van der Waals surface area (Å²) >= 11 is 5.80. The van der Waals surface area contributed by atoms with Gasteiger partial charge in [0.15, 0.2) is 9.84 Å². The number of hydrogen-bond donors (Lipinski definition) is 2. The third-order valence-electron chi connectivity index (χ3n) is 4.83. The SMILES string of the molecule is Cc1ccc(C2C(S(=O)(=O)c3ccc(Cl)cc3)C2(CO)C(=O)O)cc1. The van der Waals surface area contributed by atoms with Crippen LogP contribution >= 0.6 is 11.6 Å². The van der Waals surface area contributed by atoms with Crippen molar-refractivity contribution < 1.29 is 23.4 Å². The molecule has 0 bridgehead atoms. The Labute approximate surface area is 150 Å². The van der Waals surface area contributed by atoms with Crippen LogP contribution in [0.4, 0.5) is 0 Å². The number of aryl methyl sites for hydroxylation is 1. The number of carbonyl (C=O) groups is 1. The van der Waals surface area contributed by atoms with E-state index in [1.54, 1.807) is 24.3 Å². The Kier molecular flexibility index (Phi) is 4.39. The van der Waals surface area contributed by atoms with Crippen LogP contribution in [0.25, 0.3) is 0 Å². The molecular weight excluding hydrogens is 364 g/mol. The monoisotopic (exact) mass is 380 g/mol. The average Bonchev–Trinajstić information content (AvgIpc) is 3.27. The predicted molar refractivity (Wildman–Crippen MR) is 93.5 cm³/mol. The molecule has 0 spiro atoms. The molecule has 2 N–H and O–H groups in total. The summed E-state index contributed by atoms with van der Waals surface area (Å²) in [7, 11) is -3.95. The van der Waals surface area contributed by atoms with Crippen LogP contribution in [0.15, 0.2) is 53.4 Å². The van der Waals surface area contributed by atoms with Crippen LogP contribution in [-0.2, 0) is 14.6 Å². The predicted octanol–water partition coefficient (Wildman–Crippen LogP) is 2.65. The van der Waals surface area contributed by atoms with E-state index in [1.165, 1.54) is 24.3 Å². The molecule has 3 rings (SSSR count). The van der Waals surface area contributed by atoms with Crippen molar-refractivity contribution in [3.63, 3.8) is 0 Å². The van der Waals surface area contributed by atoms with E-state index in [2.05, 4.69) is 0 Å². The number of halogens is 1. The summed E-state index contributed by atoms with van der Waals surface area (Å²) < 4.78 is 26.0. The van der Waals surface area contributed by atoms with E-state index in [0.29, 0.717) is 10.6 Å². The Hall–Kier alpha value is -1.89. The van der Waals surface area contributed by atoms with E-state index in [1.807, 2.05) is 6.92 Å². The number of rotatable bonds is 5. The Morgan fingerprint density at radius 2 is 1.68 bits per heavy atom. The van der Waals surface area contributed by atoms with E-state index < -0.39 is 39.0 Å². The molecule has 1 fully saturated rings. The zero-order valence-corrected chi connectivity index (χ0v) is 15.0. The number of carboxylic acid groups (broad SMARTS) is 1. The molecule has 2 aromatic carbocycles. The van der Waals surface area contributed by atoms with Crippen molar-refractivity contribution in [3.8, 4) is 0 Å². The van der Waals surface area contributed by atoms with Gasteiger partial charge in [-0.2, -0.15) is 0 Å². The molecule has 0 aromatic heterocycles. The van der Waals surface area contributed by atoms with Crippen molar-refractivity contribution in [2.75, 3.05) is 6.61 Å². The highest BCUT2D eigenvalue weighted by Gasteiger charge is 2.75. The van der Waals surface area contributed by atoms with Gasteiger partial charge in [0.1, 0.15) is 5.41 Å². The second kappa shape index (κ2) is 6.12. The van der Waals surface area contributed by atoms with Crippen LogP contribution in [0, 0.1) is 12.3 Å². The minimum absolute atomic E-state index is 0.00409. The molecule has 1 aliphatic carbocycles. The van der Waals surface area contributed by atoms with Gasteiger partial charge in [0.2, 0.25) is 0 Å². The first kappa shape index (κ1) is 17.9. The fraction of sp³-hybridized carbons (Fsp3) is 0.278. The van der Waals surface area contributed by atoms with Gasteiger partial charge in [0.05, 0.1) is 16.8 Å². The van der Waals surface area contributed by atoms with Gasteiger partial charge < -0.3 is 10.2 Å². The highest BCUT2D eigenvalue weighted by atomic mass is 35.5. The Balaban J connectivity index is 2.10. The lowest BCUT2D eigenvalue weighted by Gasteiger charge is -2.09. The first-order valence-electron chi connectivity index (χ1n) is 7.65. The maximum absolute atomic E-state index is 13.0. The van der Waals surface area contributed by atoms with Gasteiger partial charge in [0, 0.05) is 10.9 Å². The zero-order chi connectivity index (χ0) is 18.4. The molecule has 0 radical (unpaired) electrons. The number of hydrogen-bond acceptors (Lipinski definition) is 4. The van der Waals surface area contributed by atoms with Crippen LogP contribution in [0.3, 0.4) is 0 Å². The number of carboxylic acids is 1. The number of benzene rings is 2. The highest BCUT2D eigenvalue weighted by molar-refractivity contribution is 7.92. The fourth-order valence-electron chi connectivity index (χ4n) is 3.39. The molecule has 0 heterocycles. The molecule has 7 heteroatoms. The topological polar surface area (TPSA) is 91.7 Å². The molecule has 3 unspecified atom stereocenters. The Morgan fingerprint density at radius 3 is 2.16 bits per heavy atom. The minimum Gasteiger partial charge on any atom is -0.481 e. The second-order valence-corrected chi connectivity index (χ2v) is 8.82. The molecule has 0 amide bonds. The van der Waals surface area contributed by atoms with Gasteiger partial charge in [-0.25, -0.2) is 8.42 Å². The van der Waals surface area contributed by atoms with Gasteiger partial charge in [-0.3, -0.25) is 4.79 Å². The van der Waals surface area contributed by atoms with E-state index in [4.69, 9.17) is 11.6 Å². The summed E-state index contributed by atoms with van der Waals surface area (Å²) in [5.41, 5.74) is -0.177. The number of sulfone groups is 1. The molecule has 132 valence electrons. The number of aliphatic carboxylic acids is 1. The summed E-state index contributed by atoms with van der Waals surface area (Å²) in [5.74, 6) is -2.13. The van der Waals surface area contributed by atoms with Crippen LogP contribution < -0.4 is 0 Å². The average molecular weight is 381 g/mol. The van der Waals surface area contributed by atoms with Gasteiger partial charge >= 0.3 is 5.97 Å². The Morgan fingerprint density at radius 1 is 1.12 bits per heavy atom. The molecule has 25 heavy (non-hydrogen) atoms.